The van der Waals surface area contributed by atoms with Crippen molar-refractivity contribution in [1.29, 1.82) is 5.26 Å². The summed E-state index contributed by atoms with van der Waals surface area (Å²) in [5.74, 6) is -5.66. The Kier molecular flexibility index (Phi) is 7.47. The van der Waals surface area contributed by atoms with Crippen LogP contribution in [0.4, 0.5) is 23.2 Å². The van der Waals surface area contributed by atoms with Gasteiger partial charge in [-0.25, -0.2) is 4.39 Å². The maximum Gasteiger partial charge on any atom is 0.471 e. The molecule has 1 aliphatic carbocycles. The Balaban J connectivity index is 1.52. The Labute approximate surface area is 233 Å². The van der Waals surface area contributed by atoms with Gasteiger partial charge in [-0.2, -0.15) is 18.4 Å². The number of hydrogen-bond acceptors (Lipinski definition) is 6. The summed E-state index contributed by atoms with van der Waals surface area (Å²) in [6.45, 7) is 8.36. The number of nitrogens with one attached hydrogen (secondary N) is 3. The molecule has 0 bridgehead atoms. The van der Waals surface area contributed by atoms with Crippen LogP contribution in [0.5, 0.6) is 5.75 Å². The van der Waals surface area contributed by atoms with Gasteiger partial charge in [-0.05, 0) is 34.8 Å². The summed E-state index contributed by atoms with van der Waals surface area (Å²) >= 11 is 0. The molecule has 4 amide bonds. The van der Waals surface area contributed by atoms with Crippen LogP contribution in [0.1, 0.15) is 41.0 Å². The standard InChI is InChI=1S/C27H31F4N5O5/c1-25(2,3)20(35-24(40)27(29,30)31)23(39)36-11-13-17(26(13,4)5)19(36)22(38)33-12(10-32)9-16-21(37)34-18-14(28)7-6-8-15(18)41-16/h6-8,12-13,16-17,19-20H,9,11H2,1-5H3,(H,33,38)(H,34,37)(H,35,40)/t12?,13-,16-,17-,19-,20?/m0/s1. The average Bonchev–Trinajstić information content (AvgIpc) is 3.19. The Bertz CT molecular complexity index is 1320. The molecule has 222 valence electrons. The summed E-state index contributed by atoms with van der Waals surface area (Å²) < 4.78 is 58.7. The first-order chi connectivity index (χ1) is 18.9. The highest BCUT2D eigenvalue weighted by Gasteiger charge is 2.70. The van der Waals surface area contributed by atoms with E-state index >= 15 is 0 Å². The van der Waals surface area contributed by atoms with Gasteiger partial charge in [-0.3, -0.25) is 19.2 Å². The number of hydrogen-bond donors (Lipinski definition) is 3. The van der Waals surface area contributed by atoms with Crippen LogP contribution >= 0.6 is 0 Å². The van der Waals surface area contributed by atoms with Crippen LogP contribution in [0, 0.1) is 39.8 Å². The van der Waals surface area contributed by atoms with E-state index in [9.17, 15) is 42.0 Å². The van der Waals surface area contributed by atoms with Gasteiger partial charge in [0.15, 0.2) is 11.9 Å². The summed E-state index contributed by atoms with van der Waals surface area (Å²) in [4.78, 5) is 52.6. The van der Waals surface area contributed by atoms with Crippen LogP contribution in [0.2, 0.25) is 0 Å². The van der Waals surface area contributed by atoms with E-state index in [1.807, 2.05) is 19.9 Å². The van der Waals surface area contributed by atoms with Gasteiger partial charge in [0, 0.05) is 13.0 Å². The van der Waals surface area contributed by atoms with Crippen molar-refractivity contribution >= 4 is 29.3 Å². The minimum absolute atomic E-state index is 0.0573. The van der Waals surface area contributed by atoms with Gasteiger partial charge in [0.2, 0.25) is 11.8 Å². The molecular weight excluding hydrogens is 550 g/mol. The lowest BCUT2D eigenvalue weighted by atomic mass is 9.85. The molecule has 0 radical (unpaired) electrons. The van der Waals surface area contributed by atoms with Crippen molar-refractivity contribution in [2.45, 2.75) is 71.4 Å². The van der Waals surface area contributed by atoms with Gasteiger partial charge < -0.3 is 25.6 Å². The Morgan fingerprint density at radius 2 is 1.88 bits per heavy atom. The first kappa shape index (κ1) is 30.1. The third kappa shape index (κ3) is 5.67. The van der Waals surface area contributed by atoms with Crippen LogP contribution in [0.25, 0.3) is 0 Å². The summed E-state index contributed by atoms with van der Waals surface area (Å²) in [7, 11) is 0. The number of halogens is 4. The molecule has 0 spiro atoms. The number of carbonyl (C=O) groups is 4. The lowest BCUT2D eigenvalue weighted by Gasteiger charge is -2.38. The Morgan fingerprint density at radius 3 is 2.46 bits per heavy atom. The molecule has 0 aromatic heterocycles. The number of carbonyl (C=O) groups excluding carboxylic acids is 4. The number of piperidine rings is 1. The number of ether oxygens (including phenoxy) is 1. The number of likely N-dealkylation sites (tertiary alicyclic amines) is 1. The first-order valence-electron chi connectivity index (χ1n) is 13.0. The molecule has 1 aromatic carbocycles. The maximum absolute atomic E-state index is 14.0. The van der Waals surface area contributed by atoms with Gasteiger partial charge in [0.1, 0.15) is 29.6 Å². The lowest BCUT2D eigenvalue weighted by Crippen LogP contribution is -2.61. The van der Waals surface area contributed by atoms with Crippen LogP contribution in [0.3, 0.4) is 0 Å². The summed E-state index contributed by atoms with van der Waals surface area (Å²) in [6, 6.07) is 1.89. The SMILES string of the molecule is CC(C)(C)C(NC(=O)C(F)(F)F)C(=O)N1C[C@H]2[C@@H]([C@H]1C(=O)NC(C#N)C[C@@H]1Oc3cccc(F)c3NC1=O)C2(C)C. The highest BCUT2D eigenvalue weighted by molar-refractivity contribution is 5.98. The molecule has 3 aliphatic rings. The molecule has 6 atom stereocenters. The van der Waals surface area contributed by atoms with Gasteiger partial charge in [-0.1, -0.05) is 40.7 Å². The Morgan fingerprint density at radius 1 is 1.22 bits per heavy atom. The Hall–Kier alpha value is -3.89. The molecule has 1 saturated carbocycles. The van der Waals surface area contributed by atoms with E-state index in [1.165, 1.54) is 37.8 Å². The predicted molar refractivity (Wildman–Crippen MR) is 135 cm³/mol. The number of amides is 4. The second-order valence-corrected chi connectivity index (χ2v) is 12.3. The molecule has 1 aromatic rings. The number of para-hydroxylation sites is 1. The fraction of sp³-hybridized carbons (Fsp3) is 0.593. The summed E-state index contributed by atoms with van der Waals surface area (Å²) in [5.41, 5.74) is -1.62. The van der Waals surface area contributed by atoms with Crippen molar-refractivity contribution in [2.24, 2.45) is 22.7 Å². The molecule has 4 rings (SSSR count). The molecule has 2 heterocycles. The quantitative estimate of drug-likeness (QED) is 0.441. The largest absolute Gasteiger partial charge is 0.478 e. The number of nitriles is 1. The monoisotopic (exact) mass is 581 g/mol. The molecule has 3 N–H and O–H groups in total. The summed E-state index contributed by atoms with van der Waals surface area (Å²) in [5, 5.41) is 16.5. The van der Waals surface area contributed by atoms with Crippen molar-refractivity contribution in [1.82, 2.24) is 15.5 Å². The normalized spacial score (nSPS) is 25.9. The zero-order chi connectivity index (χ0) is 30.7. The number of benzene rings is 1. The van der Waals surface area contributed by atoms with Gasteiger partial charge in [-0.15, -0.1) is 0 Å². The molecule has 2 unspecified atom stereocenters. The van der Waals surface area contributed by atoms with Crippen LogP contribution in [-0.2, 0) is 19.2 Å². The molecular formula is C27H31F4N5O5. The lowest BCUT2D eigenvalue weighted by molar-refractivity contribution is -0.176. The molecule has 2 fully saturated rings. The van der Waals surface area contributed by atoms with E-state index in [1.54, 1.807) is 5.32 Å². The summed E-state index contributed by atoms with van der Waals surface area (Å²) in [6.07, 6.45) is -6.74. The topological polar surface area (TPSA) is 141 Å². The highest BCUT2D eigenvalue weighted by atomic mass is 19.4. The first-order valence-corrected chi connectivity index (χ1v) is 13.0. The van der Waals surface area contributed by atoms with Crippen LogP contribution in [0.15, 0.2) is 18.2 Å². The fourth-order valence-corrected chi connectivity index (χ4v) is 5.75. The van der Waals surface area contributed by atoms with E-state index in [4.69, 9.17) is 4.74 Å². The predicted octanol–water partition coefficient (Wildman–Crippen LogP) is 2.50. The van der Waals surface area contributed by atoms with Crippen molar-refractivity contribution in [3.63, 3.8) is 0 Å². The van der Waals surface area contributed by atoms with Crippen LogP contribution < -0.4 is 20.7 Å². The van der Waals surface area contributed by atoms with E-state index in [0.717, 1.165) is 6.07 Å². The number of rotatable bonds is 6. The van der Waals surface area contributed by atoms with E-state index in [-0.39, 0.29) is 41.7 Å². The smallest absolute Gasteiger partial charge is 0.471 e. The van der Waals surface area contributed by atoms with Gasteiger partial charge in [0.25, 0.3) is 5.91 Å². The van der Waals surface area contributed by atoms with Crippen molar-refractivity contribution < 1.29 is 41.5 Å². The van der Waals surface area contributed by atoms with E-state index in [0.29, 0.717) is 0 Å². The highest BCUT2D eigenvalue weighted by Crippen LogP contribution is 2.65. The number of fused-ring (bicyclic) bond motifs is 2. The molecule has 10 nitrogen and oxygen atoms in total. The number of anilines is 1. The van der Waals surface area contributed by atoms with Gasteiger partial charge in [0.05, 0.1) is 6.07 Å². The zero-order valence-electron chi connectivity index (χ0n) is 23.1. The fourth-order valence-electron chi connectivity index (χ4n) is 5.75. The molecule has 14 heteroatoms. The molecule has 2 aliphatic heterocycles. The third-order valence-corrected chi connectivity index (χ3v) is 8.11. The van der Waals surface area contributed by atoms with Crippen molar-refractivity contribution in [3.05, 3.63) is 24.0 Å². The molecule has 1 saturated heterocycles. The third-order valence-electron chi connectivity index (χ3n) is 8.11. The zero-order valence-corrected chi connectivity index (χ0v) is 23.1. The van der Waals surface area contributed by atoms with Gasteiger partial charge >= 0.3 is 12.1 Å². The molecule has 41 heavy (non-hydrogen) atoms. The minimum Gasteiger partial charge on any atom is -0.478 e. The number of nitrogens with zero attached hydrogens (tertiary/aromatic N) is 2. The van der Waals surface area contributed by atoms with E-state index < -0.39 is 65.3 Å². The maximum atomic E-state index is 14.0. The van der Waals surface area contributed by atoms with Crippen molar-refractivity contribution in [2.75, 3.05) is 11.9 Å². The van der Waals surface area contributed by atoms with Crippen molar-refractivity contribution in [3.8, 4) is 11.8 Å². The number of alkyl halides is 3. The minimum atomic E-state index is -5.21. The van der Waals surface area contributed by atoms with Crippen LogP contribution in [-0.4, -0.2) is 65.5 Å². The second-order valence-electron chi connectivity index (χ2n) is 12.3. The average molecular weight is 582 g/mol. The van der Waals surface area contributed by atoms with E-state index in [2.05, 4.69) is 10.6 Å². The second kappa shape index (κ2) is 10.2.